The summed E-state index contributed by atoms with van der Waals surface area (Å²) < 4.78 is 0. The molecule has 3 heteroatoms. The molecule has 0 unspecified atom stereocenters. The Hall–Kier alpha value is -1.90. The molecule has 2 rings (SSSR count). The number of nitrogens with zero attached hydrogens (tertiary/aromatic N) is 2. The number of aryl methyl sites for hydroxylation is 1. The minimum atomic E-state index is 0.892. The van der Waals surface area contributed by atoms with Gasteiger partial charge in [-0.15, -0.1) is 0 Å². The predicted octanol–water partition coefficient (Wildman–Crippen LogP) is 3.53. The first-order valence-corrected chi connectivity index (χ1v) is 6.48. The van der Waals surface area contributed by atoms with Crippen LogP contribution in [-0.2, 0) is 6.42 Å². The van der Waals surface area contributed by atoms with Gasteiger partial charge in [0, 0.05) is 18.2 Å². The summed E-state index contributed by atoms with van der Waals surface area (Å²) in [5.41, 5.74) is 3.45. The third kappa shape index (κ3) is 3.06. The van der Waals surface area contributed by atoms with Crippen LogP contribution in [0.15, 0.2) is 36.7 Å². The summed E-state index contributed by atoms with van der Waals surface area (Å²) >= 11 is 0. The highest BCUT2D eigenvalue weighted by Crippen LogP contribution is 2.20. The molecule has 0 fully saturated rings. The van der Waals surface area contributed by atoms with Gasteiger partial charge in [0.2, 0.25) is 0 Å². The lowest BCUT2D eigenvalue weighted by Gasteiger charge is -2.06. The molecule has 0 amide bonds. The van der Waals surface area contributed by atoms with Crippen molar-refractivity contribution in [3.05, 3.63) is 42.2 Å². The van der Waals surface area contributed by atoms with Gasteiger partial charge in [-0.2, -0.15) is 0 Å². The molecule has 1 N–H and O–H groups in total. The molecule has 0 bridgehead atoms. The molecule has 0 saturated heterocycles. The van der Waals surface area contributed by atoms with Crippen LogP contribution in [0.5, 0.6) is 0 Å². The fourth-order valence-corrected chi connectivity index (χ4v) is 1.82. The van der Waals surface area contributed by atoms with Crippen molar-refractivity contribution in [2.45, 2.75) is 26.7 Å². The second-order valence-electron chi connectivity index (χ2n) is 4.27. The van der Waals surface area contributed by atoms with Crippen molar-refractivity contribution in [3.63, 3.8) is 0 Å². The number of hydrogen-bond donors (Lipinski definition) is 1. The zero-order valence-corrected chi connectivity index (χ0v) is 11.0. The normalized spacial score (nSPS) is 10.3. The fourth-order valence-electron chi connectivity index (χ4n) is 1.82. The van der Waals surface area contributed by atoms with Crippen LogP contribution in [0.3, 0.4) is 0 Å². The Kier molecular flexibility index (Phi) is 4.29. The van der Waals surface area contributed by atoms with Crippen LogP contribution >= 0.6 is 0 Å². The topological polar surface area (TPSA) is 37.8 Å². The monoisotopic (exact) mass is 241 g/mol. The van der Waals surface area contributed by atoms with Crippen LogP contribution in [0.1, 0.15) is 25.8 Å². The van der Waals surface area contributed by atoms with Gasteiger partial charge in [0.25, 0.3) is 0 Å². The van der Waals surface area contributed by atoms with Crippen LogP contribution in [0.4, 0.5) is 5.82 Å². The maximum absolute atomic E-state index is 4.34. The van der Waals surface area contributed by atoms with E-state index in [1.54, 1.807) is 6.33 Å². The summed E-state index contributed by atoms with van der Waals surface area (Å²) in [4.78, 5) is 8.56. The Balaban J connectivity index is 2.26. The van der Waals surface area contributed by atoms with E-state index in [9.17, 15) is 0 Å². The van der Waals surface area contributed by atoms with Crippen LogP contribution in [0.25, 0.3) is 11.3 Å². The van der Waals surface area contributed by atoms with E-state index in [1.807, 2.05) is 6.07 Å². The molecule has 0 aliphatic rings. The first kappa shape index (κ1) is 12.6. The summed E-state index contributed by atoms with van der Waals surface area (Å²) in [5.74, 6) is 0.892. The molecule has 0 aliphatic carbocycles. The maximum atomic E-state index is 4.34. The summed E-state index contributed by atoms with van der Waals surface area (Å²) in [6, 6.07) is 10.5. The molecule has 0 spiro atoms. The second-order valence-corrected chi connectivity index (χ2v) is 4.27. The van der Waals surface area contributed by atoms with E-state index in [1.165, 1.54) is 5.56 Å². The zero-order chi connectivity index (χ0) is 12.8. The van der Waals surface area contributed by atoms with Gasteiger partial charge in [0.15, 0.2) is 0 Å². The van der Waals surface area contributed by atoms with Crippen molar-refractivity contribution in [2.24, 2.45) is 0 Å². The first-order valence-electron chi connectivity index (χ1n) is 6.48. The lowest BCUT2D eigenvalue weighted by molar-refractivity contribution is 0.965. The zero-order valence-electron chi connectivity index (χ0n) is 11.0. The van der Waals surface area contributed by atoms with E-state index in [2.05, 4.69) is 53.4 Å². The largest absolute Gasteiger partial charge is 0.370 e. The van der Waals surface area contributed by atoms with Crippen molar-refractivity contribution in [1.29, 1.82) is 0 Å². The van der Waals surface area contributed by atoms with E-state index in [0.717, 1.165) is 36.5 Å². The quantitative estimate of drug-likeness (QED) is 0.870. The lowest BCUT2D eigenvalue weighted by atomic mass is 10.1. The molecule has 1 aromatic heterocycles. The minimum Gasteiger partial charge on any atom is -0.370 e. The smallest absolute Gasteiger partial charge is 0.129 e. The number of nitrogens with one attached hydrogen (secondary N) is 1. The molecular weight excluding hydrogens is 222 g/mol. The van der Waals surface area contributed by atoms with Crippen LogP contribution in [-0.4, -0.2) is 16.5 Å². The summed E-state index contributed by atoms with van der Waals surface area (Å²) in [7, 11) is 0. The van der Waals surface area contributed by atoms with Crippen molar-refractivity contribution >= 4 is 5.82 Å². The van der Waals surface area contributed by atoms with Crippen molar-refractivity contribution in [2.75, 3.05) is 11.9 Å². The van der Waals surface area contributed by atoms with Gasteiger partial charge in [0.1, 0.15) is 12.1 Å². The Labute approximate surface area is 108 Å². The molecule has 2 aromatic rings. The molecule has 0 atom stereocenters. The Morgan fingerprint density at radius 3 is 2.78 bits per heavy atom. The van der Waals surface area contributed by atoms with Crippen molar-refractivity contribution < 1.29 is 0 Å². The molecule has 3 nitrogen and oxygen atoms in total. The fraction of sp³-hybridized carbons (Fsp3) is 0.333. The number of rotatable bonds is 5. The molecule has 18 heavy (non-hydrogen) atoms. The number of hydrogen-bond acceptors (Lipinski definition) is 3. The average molecular weight is 241 g/mol. The van der Waals surface area contributed by atoms with E-state index >= 15 is 0 Å². The standard InChI is InChI=1S/C15H19N3/c1-3-8-16-15-10-14(17-11-18-15)13-7-5-6-12(4-2)9-13/h5-7,9-11H,3-4,8H2,1-2H3,(H,16,17,18). The molecule has 0 radical (unpaired) electrons. The van der Waals surface area contributed by atoms with E-state index < -0.39 is 0 Å². The number of aromatic nitrogens is 2. The maximum Gasteiger partial charge on any atom is 0.129 e. The van der Waals surface area contributed by atoms with Gasteiger partial charge in [-0.3, -0.25) is 0 Å². The van der Waals surface area contributed by atoms with Crippen molar-refractivity contribution in [1.82, 2.24) is 9.97 Å². The van der Waals surface area contributed by atoms with Crippen LogP contribution in [0.2, 0.25) is 0 Å². The van der Waals surface area contributed by atoms with Gasteiger partial charge in [-0.1, -0.05) is 32.0 Å². The Bertz CT molecular complexity index is 509. The van der Waals surface area contributed by atoms with Gasteiger partial charge in [-0.25, -0.2) is 9.97 Å². The number of benzene rings is 1. The summed E-state index contributed by atoms with van der Waals surface area (Å²) in [5, 5.41) is 3.28. The molecular formula is C15H19N3. The molecule has 1 heterocycles. The second kappa shape index (κ2) is 6.15. The minimum absolute atomic E-state index is 0.892. The van der Waals surface area contributed by atoms with E-state index in [-0.39, 0.29) is 0 Å². The van der Waals surface area contributed by atoms with Crippen LogP contribution < -0.4 is 5.32 Å². The van der Waals surface area contributed by atoms with Gasteiger partial charge >= 0.3 is 0 Å². The highest BCUT2D eigenvalue weighted by atomic mass is 15.0. The molecule has 0 saturated carbocycles. The molecule has 1 aromatic carbocycles. The highest BCUT2D eigenvalue weighted by molar-refractivity contribution is 5.62. The number of anilines is 1. The highest BCUT2D eigenvalue weighted by Gasteiger charge is 2.02. The Morgan fingerprint density at radius 1 is 1.11 bits per heavy atom. The van der Waals surface area contributed by atoms with Crippen LogP contribution in [0, 0.1) is 0 Å². The van der Waals surface area contributed by atoms with Crippen molar-refractivity contribution in [3.8, 4) is 11.3 Å². The van der Waals surface area contributed by atoms with Gasteiger partial charge in [0.05, 0.1) is 5.69 Å². The third-order valence-electron chi connectivity index (χ3n) is 2.85. The first-order chi connectivity index (χ1) is 8.83. The van der Waals surface area contributed by atoms with E-state index in [4.69, 9.17) is 0 Å². The molecule has 94 valence electrons. The SMILES string of the molecule is CCCNc1cc(-c2cccc(CC)c2)ncn1. The molecule has 0 aliphatic heterocycles. The third-order valence-corrected chi connectivity index (χ3v) is 2.85. The predicted molar refractivity (Wildman–Crippen MR) is 75.6 cm³/mol. The van der Waals surface area contributed by atoms with E-state index in [0.29, 0.717) is 0 Å². The summed E-state index contributed by atoms with van der Waals surface area (Å²) in [6.07, 6.45) is 3.75. The summed E-state index contributed by atoms with van der Waals surface area (Å²) in [6.45, 7) is 5.23. The lowest BCUT2D eigenvalue weighted by Crippen LogP contribution is -2.02. The van der Waals surface area contributed by atoms with Gasteiger partial charge < -0.3 is 5.32 Å². The van der Waals surface area contributed by atoms with Gasteiger partial charge in [-0.05, 0) is 24.5 Å². The average Bonchev–Trinajstić information content (AvgIpc) is 2.45. The Morgan fingerprint density at radius 2 is 2.00 bits per heavy atom.